The Kier molecular flexibility index (Phi) is 6.90. The SMILES string of the molecule is CN(C)CCCN1C(=O)C(O)=C(C(=O)CCc2ccccc2)C1c1ccc(O)cc1. The van der Waals surface area contributed by atoms with Crippen molar-refractivity contribution in [1.29, 1.82) is 0 Å². The van der Waals surface area contributed by atoms with Gasteiger partial charge in [0, 0.05) is 13.0 Å². The molecular weight excluding hydrogens is 380 g/mol. The van der Waals surface area contributed by atoms with Crippen molar-refractivity contribution in [2.45, 2.75) is 25.3 Å². The molecule has 2 N–H and O–H groups in total. The molecule has 1 heterocycles. The molecule has 0 spiro atoms. The van der Waals surface area contributed by atoms with E-state index in [9.17, 15) is 19.8 Å². The molecule has 0 radical (unpaired) electrons. The zero-order valence-electron chi connectivity index (χ0n) is 17.4. The van der Waals surface area contributed by atoms with Gasteiger partial charge in [-0.1, -0.05) is 42.5 Å². The van der Waals surface area contributed by atoms with E-state index in [0.717, 1.165) is 12.1 Å². The standard InChI is InChI=1S/C24H28N2O4/c1-25(2)15-6-16-26-22(18-10-12-19(27)13-11-18)21(23(29)24(26)30)20(28)14-9-17-7-4-3-5-8-17/h3-5,7-8,10-13,22,27,29H,6,9,14-16H2,1-2H3. The number of aliphatic hydroxyl groups is 1. The van der Waals surface area contributed by atoms with Gasteiger partial charge in [-0.15, -0.1) is 0 Å². The summed E-state index contributed by atoms with van der Waals surface area (Å²) in [4.78, 5) is 29.5. The summed E-state index contributed by atoms with van der Waals surface area (Å²) >= 11 is 0. The van der Waals surface area contributed by atoms with Gasteiger partial charge in [0.2, 0.25) is 0 Å². The molecule has 1 atom stereocenters. The summed E-state index contributed by atoms with van der Waals surface area (Å²) in [6.45, 7) is 1.20. The van der Waals surface area contributed by atoms with Crippen molar-refractivity contribution in [1.82, 2.24) is 9.80 Å². The molecule has 2 aromatic rings. The Morgan fingerprint density at radius 1 is 1.03 bits per heavy atom. The van der Waals surface area contributed by atoms with Crippen LogP contribution in [0.15, 0.2) is 65.9 Å². The second-order valence-electron chi connectivity index (χ2n) is 7.82. The Bertz CT molecular complexity index is 920. The molecule has 0 bridgehead atoms. The zero-order valence-corrected chi connectivity index (χ0v) is 17.4. The fourth-order valence-electron chi connectivity index (χ4n) is 3.77. The number of benzene rings is 2. The minimum Gasteiger partial charge on any atom is -0.508 e. The van der Waals surface area contributed by atoms with Crippen LogP contribution in [0.25, 0.3) is 0 Å². The molecule has 0 aliphatic carbocycles. The van der Waals surface area contributed by atoms with Gasteiger partial charge in [0.1, 0.15) is 5.75 Å². The van der Waals surface area contributed by atoms with Crippen molar-refractivity contribution in [3.8, 4) is 5.75 Å². The van der Waals surface area contributed by atoms with Gasteiger partial charge in [-0.25, -0.2) is 0 Å². The zero-order chi connectivity index (χ0) is 21.7. The number of amides is 1. The summed E-state index contributed by atoms with van der Waals surface area (Å²) in [7, 11) is 3.91. The molecule has 0 saturated heterocycles. The van der Waals surface area contributed by atoms with Crippen LogP contribution in [0.3, 0.4) is 0 Å². The van der Waals surface area contributed by atoms with Gasteiger partial charge in [-0.3, -0.25) is 9.59 Å². The normalized spacial score (nSPS) is 16.6. The van der Waals surface area contributed by atoms with Crippen molar-refractivity contribution in [2.75, 3.05) is 27.2 Å². The van der Waals surface area contributed by atoms with E-state index in [4.69, 9.17) is 0 Å². The Balaban J connectivity index is 1.86. The molecule has 3 rings (SSSR count). The molecule has 158 valence electrons. The number of hydrogen-bond acceptors (Lipinski definition) is 5. The van der Waals surface area contributed by atoms with Gasteiger partial charge in [-0.05, 0) is 56.7 Å². The van der Waals surface area contributed by atoms with Gasteiger partial charge in [0.25, 0.3) is 5.91 Å². The lowest BCUT2D eigenvalue weighted by molar-refractivity contribution is -0.129. The summed E-state index contributed by atoms with van der Waals surface area (Å²) in [5.74, 6) is -1.11. The van der Waals surface area contributed by atoms with Crippen LogP contribution in [0.2, 0.25) is 0 Å². The maximum atomic E-state index is 13.1. The van der Waals surface area contributed by atoms with Crippen LogP contribution in [-0.2, 0) is 16.0 Å². The molecule has 0 aromatic heterocycles. The first-order chi connectivity index (χ1) is 14.4. The highest BCUT2D eigenvalue weighted by molar-refractivity contribution is 6.09. The minimum absolute atomic E-state index is 0.104. The maximum Gasteiger partial charge on any atom is 0.290 e. The average molecular weight is 408 g/mol. The largest absolute Gasteiger partial charge is 0.508 e. The minimum atomic E-state index is -0.650. The number of carbonyl (C=O) groups is 2. The Labute approximate surface area is 177 Å². The van der Waals surface area contributed by atoms with Gasteiger partial charge in [0.15, 0.2) is 11.5 Å². The third kappa shape index (κ3) is 4.89. The lowest BCUT2D eigenvalue weighted by atomic mass is 9.93. The Hall–Kier alpha value is -3.12. The summed E-state index contributed by atoms with van der Waals surface area (Å²) in [5, 5.41) is 20.2. The summed E-state index contributed by atoms with van der Waals surface area (Å²) in [6.07, 6.45) is 1.45. The van der Waals surface area contributed by atoms with Gasteiger partial charge in [-0.2, -0.15) is 0 Å². The number of rotatable bonds is 9. The quantitative estimate of drug-likeness (QED) is 0.666. The van der Waals surface area contributed by atoms with Crippen molar-refractivity contribution in [3.63, 3.8) is 0 Å². The monoisotopic (exact) mass is 408 g/mol. The van der Waals surface area contributed by atoms with E-state index in [2.05, 4.69) is 0 Å². The summed E-state index contributed by atoms with van der Waals surface area (Å²) in [6, 6.07) is 15.4. The van der Waals surface area contributed by atoms with Gasteiger partial charge >= 0.3 is 0 Å². The lowest BCUT2D eigenvalue weighted by Crippen LogP contribution is -2.33. The van der Waals surface area contributed by atoms with E-state index in [1.807, 2.05) is 49.3 Å². The first kappa shape index (κ1) is 21.6. The van der Waals surface area contributed by atoms with Crippen molar-refractivity contribution >= 4 is 11.7 Å². The number of aromatic hydroxyl groups is 1. The molecular formula is C24H28N2O4. The molecule has 2 aromatic carbocycles. The third-order valence-corrected chi connectivity index (χ3v) is 5.30. The summed E-state index contributed by atoms with van der Waals surface area (Å²) in [5.41, 5.74) is 1.86. The third-order valence-electron chi connectivity index (χ3n) is 5.30. The van der Waals surface area contributed by atoms with E-state index in [-0.39, 0.29) is 23.5 Å². The summed E-state index contributed by atoms with van der Waals surface area (Å²) < 4.78 is 0. The maximum absolute atomic E-state index is 13.1. The highest BCUT2D eigenvalue weighted by Gasteiger charge is 2.42. The number of ketones is 1. The van der Waals surface area contributed by atoms with Crippen LogP contribution < -0.4 is 0 Å². The van der Waals surface area contributed by atoms with E-state index in [0.29, 0.717) is 24.9 Å². The number of hydrogen-bond donors (Lipinski definition) is 2. The van der Waals surface area contributed by atoms with E-state index >= 15 is 0 Å². The molecule has 1 unspecified atom stereocenters. The number of nitrogens with zero attached hydrogens (tertiary/aromatic N) is 2. The first-order valence-corrected chi connectivity index (χ1v) is 10.1. The second kappa shape index (κ2) is 9.59. The van der Waals surface area contributed by atoms with Crippen LogP contribution in [0.1, 0.15) is 30.0 Å². The van der Waals surface area contributed by atoms with Crippen molar-refractivity contribution in [3.05, 3.63) is 77.1 Å². The van der Waals surface area contributed by atoms with Crippen LogP contribution in [-0.4, -0.2) is 58.9 Å². The average Bonchev–Trinajstić information content (AvgIpc) is 2.98. The van der Waals surface area contributed by atoms with Crippen LogP contribution in [0.5, 0.6) is 5.75 Å². The number of aliphatic hydroxyl groups excluding tert-OH is 1. The highest BCUT2D eigenvalue weighted by atomic mass is 16.3. The molecule has 6 nitrogen and oxygen atoms in total. The van der Waals surface area contributed by atoms with Crippen molar-refractivity contribution in [2.24, 2.45) is 0 Å². The van der Waals surface area contributed by atoms with Crippen LogP contribution in [0.4, 0.5) is 0 Å². The molecule has 6 heteroatoms. The van der Waals surface area contributed by atoms with E-state index in [1.165, 1.54) is 12.1 Å². The predicted molar refractivity (Wildman–Crippen MR) is 115 cm³/mol. The number of phenols is 1. The topological polar surface area (TPSA) is 81.1 Å². The predicted octanol–water partition coefficient (Wildman–Crippen LogP) is 3.24. The van der Waals surface area contributed by atoms with E-state index in [1.54, 1.807) is 17.0 Å². The number of phenolic OH excluding ortho intramolecular Hbond substituents is 1. The number of Topliss-reactive ketones (excluding diaryl/α,β-unsaturated/α-hetero) is 1. The molecule has 1 aliphatic rings. The van der Waals surface area contributed by atoms with E-state index < -0.39 is 17.7 Å². The fourth-order valence-corrected chi connectivity index (χ4v) is 3.77. The molecule has 0 saturated carbocycles. The van der Waals surface area contributed by atoms with Crippen LogP contribution in [0, 0.1) is 0 Å². The van der Waals surface area contributed by atoms with Crippen molar-refractivity contribution < 1.29 is 19.8 Å². The molecule has 1 aliphatic heterocycles. The number of carbonyl (C=O) groups excluding carboxylic acids is 2. The fraction of sp³-hybridized carbons (Fsp3) is 0.333. The number of aryl methyl sites for hydroxylation is 1. The molecule has 1 amide bonds. The van der Waals surface area contributed by atoms with Crippen LogP contribution >= 0.6 is 0 Å². The highest BCUT2D eigenvalue weighted by Crippen LogP contribution is 2.38. The Morgan fingerprint density at radius 2 is 1.70 bits per heavy atom. The Morgan fingerprint density at radius 3 is 2.33 bits per heavy atom. The second-order valence-corrected chi connectivity index (χ2v) is 7.82. The molecule has 0 fully saturated rings. The van der Waals surface area contributed by atoms with Gasteiger partial charge < -0.3 is 20.0 Å². The molecule has 30 heavy (non-hydrogen) atoms. The first-order valence-electron chi connectivity index (χ1n) is 10.1. The lowest BCUT2D eigenvalue weighted by Gasteiger charge is -2.27. The van der Waals surface area contributed by atoms with Gasteiger partial charge in [0.05, 0.1) is 11.6 Å². The smallest absolute Gasteiger partial charge is 0.290 e.